The van der Waals surface area contributed by atoms with Crippen molar-refractivity contribution in [3.05, 3.63) is 34.9 Å². The molecule has 1 amide bonds. The molecule has 4 atom stereocenters. The fourth-order valence-electron chi connectivity index (χ4n) is 8.62. The van der Waals surface area contributed by atoms with Gasteiger partial charge in [-0.3, -0.25) is 9.69 Å². The minimum Gasteiger partial charge on any atom is -0.366 e. The molecule has 160 valence electrons. The van der Waals surface area contributed by atoms with Gasteiger partial charge in [0.15, 0.2) is 5.79 Å². The van der Waals surface area contributed by atoms with Gasteiger partial charge in [0.25, 0.3) is 0 Å². The van der Waals surface area contributed by atoms with E-state index in [0.717, 1.165) is 31.6 Å². The molecule has 0 aromatic heterocycles. The predicted octanol–water partition coefficient (Wildman–Crippen LogP) is 3.00. The van der Waals surface area contributed by atoms with E-state index in [9.17, 15) is 4.79 Å². The smallest absolute Gasteiger partial charge is 0.248 e. The maximum atomic E-state index is 12.0. The van der Waals surface area contributed by atoms with Crippen LogP contribution in [-0.4, -0.2) is 48.9 Å². The number of carbonyl (C=O) groups excluding carboxylic acids is 1. The quantitative estimate of drug-likeness (QED) is 0.835. The molecule has 2 aliphatic heterocycles. The molecule has 5 nitrogen and oxygen atoms in total. The van der Waals surface area contributed by atoms with Crippen LogP contribution in [0.2, 0.25) is 0 Å². The van der Waals surface area contributed by atoms with Crippen LogP contribution in [0.25, 0.3) is 0 Å². The summed E-state index contributed by atoms with van der Waals surface area (Å²) in [5, 5.41) is 0. The van der Waals surface area contributed by atoms with Gasteiger partial charge in [-0.2, -0.15) is 0 Å². The Kier molecular flexibility index (Phi) is 3.56. The van der Waals surface area contributed by atoms with Crippen molar-refractivity contribution < 1.29 is 14.3 Å². The zero-order chi connectivity index (χ0) is 20.1. The van der Waals surface area contributed by atoms with Crippen LogP contribution in [0, 0.1) is 17.3 Å². The van der Waals surface area contributed by atoms with Gasteiger partial charge in [-0.25, -0.2) is 0 Å². The van der Waals surface area contributed by atoms with Gasteiger partial charge >= 0.3 is 0 Å². The molecule has 5 fully saturated rings. The van der Waals surface area contributed by atoms with Crippen LogP contribution < -0.4 is 5.73 Å². The van der Waals surface area contributed by atoms with E-state index in [2.05, 4.69) is 17.0 Å². The number of rotatable bonds is 3. The Hall–Kier alpha value is -1.43. The van der Waals surface area contributed by atoms with Crippen LogP contribution in [0.3, 0.4) is 0 Å². The number of primary amides is 1. The van der Waals surface area contributed by atoms with Gasteiger partial charge in [0, 0.05) is 48.4 Å². The van der Waals surface area contributed by atoms with Gasteiger partial charge in [0.2, 0.25) is 5.91 Å². The zero-order valence-electron chi connectivity index (χ0n) is 17.7. The molecule has 5 heteroatoms. The molecular weight excluding hydrogens is 376 g/mol. The van der Waals surface area contributed by atoms with Crippen molar-refractivity contribution in [1.82, 2.24) is 4.90 Å². The maximum absolute atomic E-state index is 12.0. The van der Waals surface area contributed by atoms with Gasteiger partial charge in [-0.05, 0) is 67.2 Å². The number of nitrogens with two attached hydrogens (primary N) is 1. The van der Waals surface area contributed by atoms with E-state index in [1.54, 1.807) is 0 Å². The van der Waals surface area contributed by atoms with Crippen molar-refractivity contribution in [3.8, 4) is 0 Å². The van der Waals surface area contributed by atoms with Crippen LogP contribution >= 0.6 is 0 Å². The molecule has 2 saturated heterocycles. The molecule has 2 heterocycles. The third kappa shape index (κ3) is 2.21. The number of benzene rings is 1. The second kappa shape index (κ2) is 5.87. The summed E-state index contributed by atoms with van der Waals surface area (Å²) < 4.78 is 12.5. The van der Waals surface area contributed by atoms with E-state index in [1.807, 2.05) is 6.07 Å². The largest absolute Gasteiger partial charge is 0.366 e. The fraction of sp³-hybridized carbons (Fsp3) is 0.720. The summed E-state index contributed by atoms with van der Waals surface area (Å²) in [5.74, 6) is 0.808. The molecule has 1 aromatic rings. The summed E-state index contributed by atoms with van der Waals surface area (Å²) in [7, 11) is 0. The van der Waals surface area contributed by atoms with Gasteiger partial charge in [0.05, 0.1) is 13.2 Å². The van der Waals surface area contributed by atoms with Crippen molar-refractivity contribution in [2.24, 2.45) is 23.0 Å². The molecule has 6 aliphatic rings. The number of nitrogens with zero attached hydrogens (tertiary/aromatic N) is 1. The normalized spacial score (nSPS) is 40.9. The first-order chi connectivity index (χ1) is 14.5. The number of fused-ring (bicyclic) bond motifs is 2. The summed E-state index contributed by atoms with van der Waals surface area (Å²) in [4.78, 5) is 14.9. The third-order valence-electron chi connectivity index (χ3n) is 9.72. The summed E-state index contributed by atoms with van der Waals surface area (Å²) in [6.45, 7) is 3.95. The topological polar surface area (TPSA) is 64.8 Å². The highest BCUT2D eigenvalue weighted by molar-refractivity contribution is 5.93. The van der Waals surface area contributed by atoms with Gasteiger partial charge in [-0.1, -0.05) is 12.5 Å². The monoisotopic (exact) mass is 408 g/mol. The molecule has 4 aliphatic carbocycles. The first kappa shape index (κ1) is 18.2. The lowest BCUT2D eigenvalue weighted by Gasteiger charge is -2.58. The van der Waals surface area contributed by atoms with E-state index in [4.69, 9.17) is 15.2 Å². The highest BCUT2D eigenvalue weighted by Crippen LogP contribution is 2.71. The lowest BCUT2D eigenvalue weighted by Crippen LogP contribution is -2.65. The summed E-state index contributed by atoms with van der Waals surface area (Å²) in [6, 6.07) is 6.95. The van der Waals surface area contributed by atoms with Crippen LogP contribution in [-0.2, 0) is 21.3 Å². The highest BCUT2D eigenvalue weighted by Gasteiger charge is 2.73. The van der Waals surface area contributed by atoms with E-state index in [1.165, 1.54) is 49.9 Å². The van der Waals surface area contributed by atoms with Crippen molar-refractivity contribution >= 4 is 5.91 Å². The Morgan fingerprint density at radius 1 is 1.17 bits per heavy atom. The van der Waals surface area contributed by atoms with Crippen molar-refractivity contribution in [2.45, 2.75) is 68.6 Å². The molecule has 2 N–H and O–H groups in total. The molecule has 3 saturated carbocycles. The number of hydrogen-bond acceptors (Lipinski definition) is 4. The third-order valence-corrected chi connectivity index (χ3v) is 9.72. The lowest BCUT2D eigenvalue weighted by molar-refractivity contribution is -0.200. The van der Waals surface area contributed by atoms with Crippen LogP contribution in [0.15, 0.2) is 18.2 Å². The Morgan fingerprint density at radius 3 is 2.73 bits per heavy atom. The van der Waals surface area contributed by atoms with E-state index in [0.29, 0.717) is 36.2 Å². The number of ether oxygens (including phenoxy) is 2. The SMILES string of the molecule is NC(=O)c1ccc2c(c1)C13CC4(CCC1C1N(CC5CCC5)CC1(C2)C3)OCCO4. The van der Waals surface area contributed by atoms with E-state index >= 15 is 0 Å². The molecule has 2 bridgehead atoms. The molecule has 7 rings (SSSR count). The molecule has 4 unspecified atom stereocenters. The fourth-order valence-corrected chi connectivity index (χ4v) is 8.62. The predicted molar refractivity (Wildman–Crippen MR) is 112 cm³/mol. The van der Waals surface area contributed by atoms with Crippen LogP contribution in [0.4, 0.5) is 0 Å². The van der Waals surface area contributed by atoms with E-state index in [-0.39, 0.29) is 11.3 Å². The van der Waals surface area contributed by atoms with Crippen LogP contribution in [0.1, 0.15) is 66.4 Å². The summed E-state index contributed by atoms with van der Waals surface area (Å²) >= 11 is 0. The Labute approximate surface area is 178 Å². The number of carbonyl (C=O) groups is 1. The highest BCUT2D eigenvalue weighted by atomic mass is 16.7. The zero-order valence-corrected chi connectivity index (χ0v) is 17.7. The lowest BCUT2D eigenvalue weighted by atomic mass is 9.58. The number of amides is 1. The second-order valence-corrected chi connectivity index (χ2v) is 11.2. The molecule has 30 heavy (non-hydrogen) atoms. The number of likely N-dealkylation sites (tertiary alicyclic amines) is 1. The van der Waals surface area contributed by atoms with Crippen LogP contribution in [0.5, 0.6) is 0 Å². The van der Waals surface area contributed by atoms with Crippen molar-refractivity contribution in [1.29, 1.82) is 0 Å². The Morgan fingerprint density at radius 2 is 2.00 bits per heavy atom. The first-order valence-corrected chi connectivity index (χ1v) is 12.0. The molecule has 1 aromatic carbocycles. The van der Waals surface area contributed by atoms with Gasteiger partial charge in [-0.15, -0.1) is 0 Å². The maximum Gasteiger partial charge on any atom is 0.248 e. The average molecular weight is 409 g/mol. The summed E-state index contributed by atoms with van der Waals surface area (Å²) in [6.07, 6.45) is 9.73. The first-order valence-electron chi connectivity index (χ1n) is 12.0. The minimum absolute atomic E-state index is 0.0562. The average Bonchev–Trinajstić information content (AvgIpc) is 3.19. The molecular formula is C25H32N2O3. The van der Waals surface area contributed by atoms with E-state index < -0.39 is 5.79 Å². The molecule has 3 spiro atoms. The van der Waals surface area contributed by atoms with Gasteiger partial charge < -0.3 is 15.2 Å². The van der Waals surface area contributed by atoms with Crippen molar-refractivity contribution in [3.63, 3.8) is 0 Å². The second-order valence-electron chi connectivity index (χ2n) is 11.2. The van der Waals surface area contributed by atoms with Gasteiger partial charge in [0.1, 0.15) is 0 Å². The Bertz CT molecular complexity index is 921. The van der Waals surface area contributed by atoms with Crippen molar-refractivity contribution in [2.75, 3.05) is 26.3 Å². The summed E-state index contributed by atoms with van der Waals surface area (Å²) in [5.41, 5.74) is 9.62. The minimum atomic E-state index is -0.419. The standard InChI is InChI=1S/C25H32N2O3/c26-22(28)17-4-5-18-11-23-13-24(20(18)10-17)14-25(29-8-9-30-25)7-6-19(24)21(23)27(15-23)12-16-2-1-3-16/h4-5,10,16,19,21H,1-3,6-9,11-15H2,(H2,26,28). The molecule has 0 radical (unpaired) electrons. The Balaban J connectivity index is 1.33. The number of hydrogen-bond donors (Lipinski definition) is 1.